The summed E-state index contributed by atoms with van der Waals surface area (Å²) >= 11 is 0. The van der Waals surface area contributed by atoms with Crippen molar-refractivity contribution in [1.82, 2.24) is 10.3 Å². The van der Waals surface area contributed by atoms with Crippen molar-refractivity contribution in [3.8, 4) is 5.75 Å². The molecule has 0 saturated carbocycles. The Balaban J connectivity index is 1.65. The van der Waals surface area contributed by atoms with E-state index in [9.17, 15) is 14.7 Å². The number of aromatic nitrogens is 1. The molecular weight excluding hydrogens is 344 g/mol. The lowest BCUT2D eigenvalue weighted by Crippen LogP contribution is -2.50. The van der Waals surface area contributed by atoms with Gasteiger partial charge in [0.25, 0.3) is 5.91 Å². The number of hydrogen-bond acceptors (Lipinski definition) is 4. The van der Waals surface area contributed by atoms with Crippen molar-refractivity contribution >= 4 is 22.8 Å². The van der Waals surface area contributed by atoms with Gasteiger partial charge in [-0.05, 0) is 36.6 Å². The molecule has 1 heterocycles. The minimum atomic E-state index is -1.33. The fourth-order valence-electron chi connectivity index (χ4n) is 3.11. The van der Waals surface area contributed by atoms with Gasteiger partial charge in [-0.3, -0.25) is 4.79 Å². The highest BCUT2D eigenvalue weighted by Crippen LogP contribution is 2.22. The van der Waals surface area contributed by atoms with Crippen molar-refractivity contribution in [2.45, 2.75) is 26.3 Å². The number of ether oxygens (including phenoxy) is 1. The van der Waals surface area contributed by atoms with Crippen LogP contribution in [0.25, 0.3) is 10.9 Å². The van der Waals surface area contributed by atoms with Gasteiger partial charge in [0.2, 0.25) is 0 Å². The Hall–Kier alpha value is -3.28. The molecule has 140 valence electrons. The minimum absolute atomic E-state index is 0.126. The number of carboxylic acids is 1. The number of aromatic amines is 1. The Morgan fingerprint density at radius 2 is 1.81 bits per heavy atom. The maximum atomic E-state index is 12.2. The molecule has 3 aromatic rings. The lowest BCUT2D eigenvalue weighted by molar-refractivity contribution is -0.308. The van der Waals surface area contributed by atoms with Crippen LogP contribution in [0.5, 0.6) is 5.75 Å². The SMILES string of the molecule is Cc1cccc(C)c1OCC(=O)N[C@H](Cc1c[nH]c2ccccc12)C(=O)[O-]. The van der Waals surface area contributed by atoms with E-state index in [0.717, 1.165) is 27.6 Å². The predicted molar refractivity (Wildman–Crippen MR) is 100 cm³/mol. The van der Waals surface area contributed by atoms with E-state index in [1.807, 2.05) is 56.3 Å². The molecule has 6 heteroatoms. The Labute approximate surface area is 157 Å². The van der Waals surface area contributed by atoms with Crippen LogP contribution in [0.3, 0.4) is 0 Å². The average Bonchev–Trinajstić information content (AvgIpc) is 3.04. The van der Waals surface area contributed by atoms with Crippen LogP contribution >= 0.6 is 0 Å². The monoisotopic (exact) mass is 365 g/mol. The van der Waals surface area contributed by atoms with E-state index in [4.69, 9.17) is 4.74 Å². The van der Waals surface area contributed by atoms with E-state index in [1.54, 1.807) is 6.20 Å². The van der Waals surface area contributed by atoms with Crippen molar-refractivity contribution in [3.05, 3.63) is 65.4 Å². The summed E-state index contributed by atoms with van der Waals surface area (Å²) in [5, 5.41) is 14.9. The Morgan fingerprint density at radius 3 is 2.52 bits per heavy atom. The molecule has 0 spiro atoms. The number of amides is 1. The summed E-state index contributed by atoms with van der Waals surface area (Å²) in [5.41, 5.74) is 3.54. The smallest absolute Gasteiger partial charge is 0.258 e. The van der Waals surface area contributed by atoms with Crippen LogP contribution in [0.4, 0.5) is 0 Å². The summed E-state index contributed by atoms with van der Waals surface area (Å²) in [6, 6.07) is 12.1. The number of rotatable bonds is 7. The molecule has 1 atom stereocenters. The first-order valence-corrected chi connectivity index (χ1v) is 8.70. The summed E-state index contributed by atoms with van der Waals surface area (Å²) in [6.07, 6.45) is 1.88. The van der Waals surface area contributed by atoms with Crippen molar-refractivity contribution in [2.75, 3.05) is 6.61 Å². The molecule has 27 heavy (non-hydrogen) atoms. The first kappa shape index (κ1) is 18.5. The summed E-state index contributed by atoms with van der Waals surface area (Å²) < 4.78 is 5.58. The molecule has 0 aliphatic heterocycles. The van der Waals surface area contributed by atoms with E-state index in [2.05, 4.69) is 10.3 Å². The molecule has 0 aliphatic rings. The van der Waals surface area contributed by atoms with E-state index in [0.29, 0.717) is 5.75 Å². The predicted octanol–water partition coefficient (Wildman–Crippen LogP) is 1.64. The molecule has 0 bridgehead atoms. The quantitative estimate of drug-likeness (QED) is 0.665. The number of H-pyrrole nitrogens is 1. The molecule has 3 rings (SSSR count). The Morgan fingerprint density at radius 1 is 1.11 bits per heavy atom. The van der Waals surface area contributed by atoms with Gasteiger partial charge in [0, 0.05) is 23.5 Å². The fourth-order valence-corrected chi connectivity index (χ4v) is 3.11. The van der Waals surface area contributed by atoms with Crippen LogP contribution in [-0.4, -0.2) is 29.5 Å². The van der Waals surface area contributed by atoms with Gasteiger partial charge in [-0.2, -0.15) is 0 Å². The summed E-state index contributed by atoms with van der Waals surface area (Å²) in [6.45, 7) is 3.52. The lowest BCUT2D eigenvalue weighted by Gasteiger charge is -2.20. The van der Waals surface area contributed by atoms with Gasteiger partial charge in [0.05, 0.1) is 12.0 Å². The Bertz CT molecular complexity index is 957. The van der Waals surface area contributed by atoms with E-state index >= 15 is 0 Å². The van der Waals surface area contributed by atoms with Crippen LogP contribution in [-0.2, 0) is 16.0 Å². The maximum Gasteiger partial charge on any atom is 0.258 e. The van der Waals surface area contributed by atoms with E-state index in [-0.39, 0.29) is 13.0 Å². The number of hydrogen-bond donors (Lipinski definition) is 2. The fraction of sp³-hybridized carbons (Fsp3) is 0.238. The number of carbonyl (C=O) groups excluding carboxylic acids is 2. The van der Waals surface area contributed by atoms with Gasteiger partial charge in [-0.25, -0.2) is 0 Å². The molecule has 0 aliphatic carbocycles. The second-order valence-electron chi connectivity index (χ2n) is 6.51. The molecule has 0 radical (unpaired) electrons. The van der Waals surface area contributed by atoms with E-state index < -0.39 is 17.9 Å². The number of nitrogens with one attached hydrogen (secondary N) is 2. The highest BCUT2D eigenvalue weighted by atomic mass is 16.5. The molecule has 2 aromatic carbocycles. The second kappa shape index (κ2) is 7.95. The van der Waals surface area contributed by atoms with Gasteiger partial charge >= 0.3 is 0 Å². The molecule has 2 N–H and O–H groups in total. The first-order valence-electron chi connectivity index (χ1n) is 8.70. The highest BCUT2D eigenvalue weighted by Gasteiger charge is 2.17. The maximum absolute atomic E-state index is 12.2. The third-order valence-electron chi connectivity index (χ3n) is 4.48. The van der Waals surface area contributed by atoms with Crippen molar-refractivity contribution in [3.63, 3.8) is 0 Å². The second-order valence-corrected chi connectivity index (χ2v) is 6.51. The normalized spacial score (nSPS) is 11.9. The molecule has 0 saturated heterocycles. The summed E-state index contributed by atoms with van der Waals surface area (Å²) in [7, 11) is 0. The largest absolute Gasteiger partial charge is 0.548 e. The van der Waals surface area contributed by atoms with Crippen LogP contribution in [0, 0.1) is 13.8 Å². The number of carboxylic acid groups (broad SMARTS) is 1. The number of benzene rings is 2. The average molecular weight is 365 g/mol. The third kappa shape index (κ3) is 4.28. The standard InChI is InChI=1S/C21H22N2O4/c1-13-6-5-7-14(2)20(13)27-12-19(24)23-18(21(25)26)10-15-11-22-17-9-4-3-8-16(15)17/h3-9,11,18,22H,10,12H2,1-2H3,(H,23,24)(H,25,26)/p-1/t18-/m1/s1. The van der Waals surface area contributed by atoms with Crippen molar-refractivity contribution in [1.29, 1.82) is 0 Å². The first-order chi connectivity index (χ1) is 13.0. The molecule has 0 fully saturated rings. The van der Waals surface area contributed by atoms with Crippen molar-refractivity contribution in [2.24, 2.45) is 0 Å². The number of aryl methyl sites for hydroxylation is 2. The molecule has 1 aromatic heterocycles. The number of aliphatic carboxylic acids is 1. The molecule has 0 unspecified atom stereocenters. The van der Waals surface area contributed by atoms with Crippen LogP contribution in [0.15, 0.2) is 48.7 Å². The zero-order valence-electron chi connectivity index (χ0n) is 15.2. The molecule has 6 nitrogen and oxygen atoms in total. The van der Waals surface area contributed by atoms with Gasteiger partial charge in [-0.1, -0.05) is 36.4 Å². The van der Waals surface area contributed by atoms with Crippen LogP contribution < -0.4 is 15.2 Å². The van der Waals surface area contributed by atoms with Gasteiger partial charge < -0.3 is 24.9 Å². The minimum Gasteiger partial charge on any atom is -0.548 e. The zero-order valence-corrected chi connectivity index (χ0v) is 15.2. The molecular formula is C21H21N2O4-. The van der Waals surface area contributed by atoms with Crippen LogP contribution in [0.2, 0.25) is 0 Å². The van der Waals surface area contributed by atoms with Gasteiger partial charge in [0.1, 0.15) is 5.75 Å². The van der Waals surface area contributed by atoms with Crippen LogP contribution in [0.1, 0.15) is 16.7 Å². The van der Waals surface area contributed by atoms with Gasteiger partial charge in [0.15, 0.2) is 6.61 Å². The highest BCUT2D eigenvalue weighted by molar-refractivity contribution is 5.86. The number of fused-ring (bicyclic) bond motifs is 1. The Kier molecular flexibility index (Phi) is 5.45. The summed E-state index contributed by atoms with van der Waals surface area (Å²) in [4.78, 5) is 26.8. The summed E-state index contributed by atoms with van der Waals surface area (Å²) in [5.74, 6) is -1.21. The number of carbonyl (C=O) groups is 2. The molecule has 1 amide bonds. The zero-order chi connectivity index (χ0) is 19.4. The number of para-hydroxylation sites is 2. The topological polar surface area (TPSA) is 94.2 Å². The van der Waals surface area contributed by atoms with Gasteiger partial charge in [-0.15, -0.1) is 0 Å². The third-order valence-corrected chi connectivity index (χ3v) is 4.48. The lowest BCUT2D eigenvalue weighted by atomic mass is 10.1. The van der Waals surface area contributed by atoms with E-state index in [1.165, 1.54) is 0 Å². The van der Waals surface area contributed by atoms with Crippen molar-refractivity contribution < 1.29 is 19.4 Å².